The van der Waals surface area contributed by atoms with Gasteiger partial charge in [0.1, 0.15) is 0 Å². The van der Waals surface area contributed by atoms with Gasteiger partial charge in [-0.3, -0.25) is 0 Å². The highest BCUT2D eigenvalue weighted by Crippen LogP contribution is 2.31. The minimum Gasteiger partial charge on any atom is -0.310 e. The summed E-state index contributed by atoms with van der Waals surface area (Å²) >= 11 is 0. The minimum atomic E-state index is -4.23. The van der Waals surface area contributed by atoms with Gasteiger partial charge in [0.25, 0.3) is 0 Å². The molecule has 1 nitrogen and oxygen atoms in total. The van der Waals surface area contributed by atoms with Crippen LogP contribution >= 0.6 is 12.4 Å². The van der Waals surface area contributed by atoms with Gasteiger partial charge in [0.15, 0.2) is 0 Å². The normalized spacial score (nSPS) is 20.6. The third-order valence-electron chi connectivity index (χ3n) is 2.70. The quantitative estimate of drug-likeness (QED) is 0.805. The van der Waals surface area contributed by atoms with Gasteiger partial charge in [-0.05, 0) is 37.1 Å². The minimum absolute atomic E-state index is 0. The fourth-order valence-electron chi connectivity index (χ4n) is 1.87. The molecule has 0 radical (unpaired) electrons. The summed E-state index contributed by atoms with van der Waals surface area (Å²) in [6.45, 7) is 0.950. The van der Waals surface area contributed by atoms with Gasteiger partial charge in [0.05, 0.1) is 5.56 Å². The molecule has 0 bridgehead atoms. The molecule has 1 aliphatic heterocycles. The molecule has 0 aromatic heterocycles. The van der Waals surface area contributed by atoms with E-state index >= 15 is 0 Å². The first kappa shape index (κ1) is 13.3. The maximum atomic E-state index is 12.3. The number of benzene rings is 1. The summed E-state index contributed by atoms with van der Waals surface area (Å²) in [5.41, 5.74) is 0.366. The van der Waals surface area contributed by atoms with Crippen LogP contribution in [0.3, 0.4) is 0 Å². The van der Waals surface area contributed by atoms with Crippen LogP contribution < -0.4 is 5.32 Å². The predicted octanol–water partition coefficient (Wildman–Crippen LogP) is 3.55. The molecular weight excluding hydrogens is 239 g/mol. The van der Waals surface area contributed by atoms with E-state index in [1.165, 1.54) is 0 Å². The van der Waals surface area contributed by atoms with Crippen molar-refractivity contribution in [2.45, 2.75) is 25.1 Å². The number of hydrogen-bond acceptors (Lipinski definition) is 1. The molecule has 1 N–H and O–H groups in total. The second-order valence-electron chi connectivity index (χ2n) is 3.77. The van der Waals surface area contributed by atoms with Crippen molar-refractivity contribution in [1.82, 2.24) is 5.32 Å². The van der Waals surface area contributed by atoms with Crippen molar-refractivity contribution in [1.29, 1.82) is 0 Å². The van der Waals surface area contributed by atoms with Crippen molar-refractivity contribution in [3.63, 3.8) is 0 Å². The predicted molar refractivity (Wildman–Crippen MR) is 58.7 cm³/mol. The summed E-state index contributed by atoms with van der Waals surface area (Å²) in [6, 6.07) is 5.65. The van der Waals surface area contributed by atoms with Crippen LogP contribution in [-0.2, 0) is 6.18 Å². The Bertz CT molecular complexity index is 328. The van der Waals surface area contributed by atoms with Crippen molar-refractivity contribution in [2.24, 2.45) is 0 Å². The van der Waals surface area contributed by atoms with E-state index in [0.29, 0.717) is 0 Å². The Morgan fingerprint density at radius 1 is 1.12 bits per heavy atom. The Kier molecular flexibility index (Phi) is 4.21. The van der Waals surface area contributed by atoms with Crippen LogP contribution in [0.15, 0.2) is 24.3 Å². The first-order valence-electron chi connectivity index (χ1n) is 4.98. The lowest BCUT2D eigenvalue weighted by Gasteiger charge is -2.12. The standard InChI is InChI=1S/C11H12F3N.ClH/c12-11(13,14)9-5-3-8(4-6-9)10-2-1-7-15-10;/h3-6,10,15H,1-2,7H2;1H. The fraction of sp³-hybridized carbons (Fsp3) is 0.455. The Hall–Kier alpha value is -0.740. The number of rotatable bonds is 1. The number of hydrogen-bond donors (Lipinski definition) is 1. The van der Waals surface area contributed by atoms with E-state index in [9.17, 15) is 13.2 Å². The number of nitrogens with one attached hydrogen (secondary N) is 1. The zero-order valence-corrected chi connectivity index (χ0v) is 9.37. The van der Waals surface area contributed by atoms with Crippen LogP contribution in [0.1, 0.15) is 30.0 Å². The van der Waals surface area contributed by atoms with Gasteiger partial charge >= 0.3 is 6.18 Å². The summed E-state index contributed by atoms with van der Waals surface area (Å²) in [7, 11) is 0. The summed E-state index contributed by atoms with van der Waals surface area (Å²) in [4.78, 5) is 0. The highest BCUT2D eigenvalue weighted by Gasteiger charge is 2.30. The van der Waals surface area contributed by atoms with Crippen LogP contribution in [0.4, 0.5) is 13.2 Å². The van der Waals surface area contributed by atoms with Crippen LogP contribution in [0, 0.1) is 0 Å². The van der Waals surface area contributed by atoms with E-state index in [4.69, 9.17) is 0 Å². The molecule has 0 aliphatic carbocycles. The van der Waals surface area contributed by atoms with Crippen molar-refractivity contribution in [2.75, 3.05) is 6.54 Å². The lowest BCUT2D eigenvalue weighted by Crippen LogP contribution is -2.13. The third kappa shape index (κ3) is 2.89. The second kappa shape index (κ2) is 5.06. The molecule has 0 saturated carbocycles. The Morgan fingerprint density at radius 2 is 1.75 bits per heavy atom. The molecule has 0 amide bonds. The highest BCUT2D eigenvalue weighted by atomic mass is 35.5. The largest absolute Gasteiger partial charge is 0.416 e. The molecule has 1 aromatic carbocycles. The van der Waals surface area contributed by atoms with Gasteiger partial charge in [-0.1, -0.05) is 12.1 Å². The number of halogens is 4. The topological polar surface area (TPSA) is 12.0 Å². The van der Waals surface area contributed by atoms with E-state index in [2.05, 4.69) is 5.32 Å². The summed E-state index contributed by atoms with van der Waals surface area (Å²) < 4.78 is 36.8. The summed E-state index contributed by atoms with van der Waals surface area (Å²) in [5.74, 6) is 0. The van der Waals surface area contributed by atoms with Crippen LogP contribution in [0.5, 0.6) is 0 Å². The van der Waals surface area contributed by atoms with E-state index in [-0.39, 0.29) is 18.4 Å². The van der Waals surface area contributed by atoms with Gasteiger partial charge in [0.2, 0.25) is 0 Å². The van der Waals surface area contributed by atoms with Gasteiger partial charge in [-0.25, -0.2) is 0 Å². The summed E-state index contributed by atoms with van der Waals surface area (Å²) in [5, 5.41) is 3.25. The monoisotopic (exact) mass is 251 g/mol. The molecule has 90 valence electrons. The van der Waals surface area contributed by atoms with Crippen LogP contribution in [0.2, 0.25) is 0 Å². The molecule has 2 rings (SSSR count). The zero-order chi connectivity index (χ0) is 10.9. The molecule has 1 aliphatic rings. The molecular formula is C11H13ClF3N. The van der Waals surface area contributed by atoms with Crippen LogP contribution in [0.25, 0.3) is 0 Å². The second-order valence-corrected chi connectivity index (χ2v) is 3.77. The zero-order valence-electron chi connectivity index (χ0n) is 8.55. The van der Waals surface area contributed by atoms with E-state index in [1.54, 1.807) is 12.1 Å². The maximum Gasteiger partial charge on any atom is 0.416 e. The van der Waals surface area contributed by atoms with Gasteiger partial charge < -0.3 is 5.32 Å². The molecule has 16 heavy (non-hydrogen) atoms. The first-order valence-corrected chi connectivity index (χ1v) is 4.98. The molecule has 1 heterocycles. The van der Waals surface area contributed by atoms with E-state index < -0.39 is 11.7 Å². The average molecular weight is 252 g/mol. The molecule has 1 aromatic rings. The molecule has 5 heteroatoms. The lowest BCUT2D eigenvalue weighted by atomic mass is 10.0. The van der Waals surface area contributed by atoms with Gasteiger partial charge in [-0.15, -0.1) is 12.4 Å². The third-order valence-corrected chi connectivity index (χ3v) is 2.70. The highest BCUT2D eigenvalue weighted by molar-refractivity contribution is 5.85. The van der Waals surface area contributed by atoms with Gasteiger partial charge in [0, 0.05) is 6.04 Å². The molecule has 1 fully saturated rings. The Morgan fingerprint density at radius 3 is 2.19 bits per heavy atom. The molecule has 0 spiro atoms. The Balaban J connectivity index is 0.00000128. The smallest absolute Gasteiger partial charge is 0.310 e. The maximum absolute atomic E-state index is 12.3. The molecule has 1 unspecified atom stereocenters. The van der Waals surface area contributed by atoms with E-state index in [0.717, 1.165) is 37.1 Å². The van der Waals surface area contributed by atoms with Gasteiger partial charge in [-0.2, -0.15) is 13.2 Å². The molecule has 1 saturated heterocycles. The lowest BCUT2D eigenvalue weighted by molar-refractivity contribution is -0.137. The fourth-order valence-corrected chi connectivity index (χ4v) is 1.87. The van der Waals surface area contributed by atoms with E-state index in [1.807, 2.05) is 0 Å². The van der Waals surface area contributed by atoms with Crippen LogP contribution in [-0.4, -0.2) is 6.54 Å². The average Bonchev–Trinajstić information content (AvgIpc) is 2.69. The van der Waals surface area contributed by atoms with Crippen molar-refractivity contribution >= 4 is 12.4 Å². The summed E-state index contributed by atoms with van der Waals surface area (Å²) in [6.07, 6.45) is -2.14. The van der Waals surface area contributed by atoms with Crippen molar-refractivity contribution in [3.8, 4) is 0 Å². The van der Waals surface area contributed by atoms with Crippen molar-refractivity contribution < 1.29 is 13.2 Å². The molecule has 1 atom stereocenters. The first-order chi connectivity index (χ1) is 7.07. The SMILES string of the molecule is Cl.FC(F)(F)c1ccc(C2CCCN2)cc1. The van der Waals surface area contributed by atoms with Crippen molar-refractivity contribution in [3.05, 3.63) is 35.4 Å². The number of alkyl halides is 3. The Labute approximate surface area is 98.4 Å².